The summed E-state index contributed by atoms with van der Waals surface area (Å²) in [5, 5.41) is 26.6. The van der Waals surface area contributed by atoms with Crippen LogP contribution >= 0.6 is 50.8 Å². The first kappa shape index (κ1) is 69.3. The molecule has 5 aromatic heterocycles. The molecule has 0 amide bonds. The van der Waals surface area contributed by atoms with E-state index in [9.17, 15) is 29.4 Å². The SMILES string of the molecule is CCC(=O)CBr.CCc1csc(-c2c(O)c(O)c(C(C)=O)n2-c2ccc(OC)cc2)n1.CCc1csc(-c2c(OCc3ccccc3)c(C)c(C(C)=O)n2-c2ccc(OC)cc2)n1.COc1ccc(-n2c(C(C)=O)c(C)c(OCc3ccccc3)c2C(N)=S)cc1. The topological polar surface area (TPSA) is 221 Å². The number of nitrogens with two attached hydrogens (primary N) is 1. The zero-order chi connectivity index (χ0) is 66.1. The third-order valence-electron chi connectivity index (χ3n) is 14.3. The van der Waals surface area contributed by atoms with Gasteiger partial charge in [-0.2, -0.15) is 0 Å². The average Bonchev–Trinajstić information content (AvgIpc) is 1.63. The molecule has 474 valence electrons. The number of Topliss-reactive ketones (excluding diaryl/α,β-unsaturated/α-hetero) is 4. The molecule has 4 N–H and O–H groups in total. The van der Waals surface area contributed by atoms with Gasteiger partial charge >= 0.3 is 0 Å². The van der Waals surface area contributed by atoms with Crippen LogP contribution in [0.2, 0.25) is 0 Å². The number of ether oxygens (including phenoxy) is 5. The smallest absolute Gasteiger partial charge is 0.188 e. The number of aromatic hydroxyl groups is 2. The average molecular weight is 1350 g/mol. The Balaban J connectivity index is 0.000000186. The maximum atomic E-state index is 12.8. The fraction of sp³-hybridized carbons (Fsp3) is 0.243. The lowest BCUT2D eigenvalue weighted by atomic mass is 10.2. The summed E-state index contributed by atoms with van der Waals surface area (Å²) in [4.78, 5) is 57.0. The maximum absolute atomic E-state index is 12.8. The van der Waals surface area contributed by atoms with Crippen molar-refractivity contribution in [1.82, 2.24) is 23.7 Å². The highest BCUT2D eigenvalue weighted by molar-refractivity contribution is 9.09. The summed E-state index contributed by atoms with van der Waals surface area (Å²) in [6.07, 6.45) is 2.25. The number of thiazole rings is 2. The molecule has 21 heteroatoms. The van der Waals surface area contributed by atoms with E-state index in [0.717, 1.165) is 74.5 Å². The largest absolute Gasteiger partial charge is 0.503 e. The molecule has 5 aromatic carbocycles. The predicted octanol–water partition coefficient (Wildman–Crippen LogP) is 15.6. The normalized spacial score (nSPS) is 10.6. The van der Waals surface area contributed by atoms with Crippen molar-refractivity contribution in [2.75, 3.05) is 26.7 Å². The van der Waals surface area contributed by atoms with Gasteiger partial charge < -0.3 is 48.8 Å². The molecule has 0 saturated heterocycles. The summed E-state index contributed by atoms with van der Waals surface area (Å²) in [6.45, 7) is 14.9. The van der Waals surface area contributed by atoms with E-state index in [-0.39, 0.29) is 39.6 Å². The highest BCUT2D eigenvalue weighted by Crippen LogP contribution is 2.46. The molecule has 0 unspecified atom stereocenters. The number of halogens is 1. The van der Waals surface area contributed by atoms with Crippen LogP contribution in [0.25, 0.3) is 38.5 Å². The van der Waals surface area contributed by atoms with Gasteiger partial charge in [0.25, 0.3) is 0 Å². The van der Waals surface area contributed by atoms with E-state index in [1.807, 2.05) is 147 Å². The van der Waals surface area contributed by atoms with Gasteiger partial charge in [0.05, 0.1) is 49.4 Å². The van der Waals surface area contributed by atoms with Crippen LogP contribution in [0.3, 0.4) is 0 Å². The highest BCUT2D eigenvalue weighted by atomic mass is 79.9. The summed E-state index contributed by atoms with van der Waals surface area (Å²) in [5.41, 5.74) is 16.5. The van der Waals surface area contributed by atoms with E-state index in [0.29, 0.717) is 81.2 Å². The highest BCUT2D eigenvalue weighted by Gasteiger charge is 2.31. The molecule has 0 fully saturated rings. The molecule has 0 aliphatic heterocycles. The van der Waals surface area contributed by atoms with E-state index in [4.69, 9.17) is 46.6 Å². The predicted molar refractivity (Wildman–Crippen MR) is 367 cm³/mol. The Hall–Kier alpha value is -9.15. The van der Waals surface area contributed by atoms with E-state index in [1.54, 1.807) is 68.4 Å². The monoisotopic (exact) mass is 1350 g/mol. The van der Waals surface area contributed by atoms with Crippen molar-refractivity contribution in [2.45, 2.75) is 87.9 Å². The fourth-order valence-corrected chi connectivity index (χ4v) is 12.1. The number of carbonyl (C=O) groups is 4. The van der Waals surface area contributed by atoms with Gasteiger partial charge in [-0.15, -0.1) is 22.7 Å². The zero-order valence-electron chi connectivity index (χ0n) is 52.6. The number of hydrogen-bond donors (Lipinski definition) is 3. The molecule has 0 spiro atoms. The standard InChI is InChI=1S/C26H26N2O3S.C22H22N2O3S.C18H18N2O4S.C4H7BrO/c1-5-20-16-32-26(27-20)24-25(31-15-19-9-7-6-8-10-19)17(2)23(18(3)29)28(24)21-11-13-22(30-4)14-12-21;1-14-19(15(2)25)24(17-9-11-18(26-3)12-10-17)20(22(23)28)21(14)27-13-16-7-5-4-6-8-16;1-4-11-9-25-18(19-11)15-17(23)16(22)14(10(2)21)20(15)12-5-7-13(24-3)8-6-12;1-2-4(6)3-5/h6-14,16H,5,15H2,1-4H3;4-12H,13H2,1-3H3,(H2,23,28);5-9,22-23H,4H2,1-3H3;2-3H2,1H3. The molecule has 0 atom stereocenters. The summed E-state index contributed by atoms with van der Waals surface area (Å²) in [5.74, 6) is 2.34. The Morgan fingerprint density at radius 3 is 1.25 bits per heavy atom. The summed E-state index contributed by atoms with van der Waals surface area (Å²) in [6, 6.07) is 41.8. The first-order valence-electron chi connectivity index (χ1n) is 29.0. The Kier molecular flexibility index (Phi) is 24.8. The van der Waals surface area contributed by atoms with Crippen molar-refractivity contribution in [3.63, 3.8) is 0 Å². The molecular formula is C70H73BrN6O11S3. The Bertz CT molecular complexity index is 4130. The number of thiocarbonyl (C=S) groups is 1. The van der Waals surface area contributed by atoms with E-state index in [2.05, 4.69) is 33.2 Å². The first-order valence-corrected chi connectivity index (χ1v) is 32.3. The van der Waals surface area contributed by atoms with Crippen LogP contribution in [0.15, 0.2) is 144 Å². The molecule has 17 nitrogen and oxygen atoms in total. The minimum Gasteiger partial charge on any atom is -0.503 e. The molecule has 0 radical (unpaired) electrons. The third-order valence-corrected chi connectivity index (χ3v) is 16.9. The fourth-order valence-electron chi connectivity index (χ4n) is 9.69. The van der Waals surface area contributed by atoms with Crippen LogP contribution in [0.1, 0.15) is 119 Å². The molecular weight excluding hydrogens is 1280 g/mol. The number of nitrogens with zero attached hydrogens (tertiary/aromatic N) is 5. The Labute approximate surface area is 551 Å². The van der Waals surface area contributed by atoms with Crippen LogP contribution in [0.4, 0.5) is 0 Å². The maximum Gasteiger partial charge on any atom is 0.188 e. The first-order chi connectivity index (χ1) is 43.7. The molecule has 5 heterocycles. The molecule has 0 saturated carbocycles. The number of carbonyl (C=O) groups excluding carboxylic acids is 4. The third kappa shape index (κ3) is 16.4. The van der Waals surface area contributed by atoms with E-state index >= 15 is 0 Å². The zero-order valence-corrected chi connectivity index (χ0v) is 56.6. The van der Waals surface area contributed by atoms with E-state index in [1.165, 1.54) is 29.8 Å². The van der Waals surface area contributed by atoms with Crippen molar-refractivity contribution < 1.29 is 53.1 Å². The number of aryl methyl sites for hydroxylation is 2. The quantitative estimate of drug-likeness (QED) is 0.0326. The molecule has 0 aliphatic rings. The van der Waals surface area contributed by atoms with Crippen molar-refractivity contribution in [3.05, 3.63) is 201 Å². The van der Waals surface area contributed by atoms with Crippen LogP contribution in [0.5, 0.6) is 40.2 Å². The van der Waals surface area contributed by atoms with Crippen LogP contribution in [-0.4, -0.2) is 88.7 Å². The lowest BCUT2D eigenvalue weighted by Gasteiger charge is -2.13. The van der Waals surface area contributed by atoms with Gasteiger partial charge in [-0.1, -0.05) is 110 Å². The summed E-state index contributed by atoms with van der Waals surface area (Å²) < 4.78 is 33.4. The van der Waals surface area contributed by atoms with Gasteiger partial charge in [-0.25, -0.2) is 9.97 Å². The van der Waals surface area contributed by atoms with E-state index < -0.39 is 5.75 Å². The lowest BCUT2D eigenvalue weighted by Crippen LogP contribution is -2.18. The lowest BCUT2D eigenvalue weighted by molar-refractivity contribution is -0.116. The number of hydrogen-bond acceptors (Lipinski definition) is 16. The second kappa shape index (κ2) is 32.5. The van der Waals surface area contributed by atoms with Gasteiger partial charge in [-0.05, 0) is 111 Å². The minimum atomic E-state index is -0.438. The number of benzene rings is 5. The number of aromatic nitrogens is 5. The van der Waals surface area contributed by atoms with Gasteiger partial charge in [0.1, 0.15) is 74.0 Å². The number of alkyl halides is 1. The summed E-state index contributed by atoms with van der Waals surface area (Å²) >= 11 is 11.3. The van der Waals surface area contributed by atoms with Gasteiger partial charge in [0.2, 0.25) is 0 Å². The molecule has 10 rings (SSSR count). The number of methoxy groups -OCH3 is 3. The molecule has 91 heavy (non-hydrogen) atoms. The van der Waals surface area contributed by atoms with Crippen molar-refractivity contribution in [3.8, 4) is 78.7 Å². The number of ketones is 4. The van der Waals surface area contributed by atoms with Gasteiger partial charge in [0, 0.05) is 66.1 Å². The Morgan fingerprint density at radius 2 is 0.901 bits per heavy atom. The van der Waals surface area contributed by atoms with Crippen LogP contribution in [-0.2, 0) is 30.8 Å². The molecule has 10 aromatic rings. The Morgan fingerprint density at radius 1 is 0.527 bits per heavy atom. The van der Waals surface area contributed by atoms with Crippen molar-refractivity contribution in [1.29, 1.82) is 0 Å². The second-order valence-electron chi connectivity index (χ2n) is 20.4. The minimum absolute atomic E-state index is 0.0194. The molecule has 0 aliphatic carbocycles. The van der Waals surface area contributed by atoms with Crippen molar-refractivity contribution in [2.24, 2.45) is 5.73 Å². The molecule has 0 bridgehead atoms. The number of rotatable bonds is 22. The van der Waals surface area contributed by atoms with Crippen LogP contribution in [0, 0.1) is 13.8 Å². The van der Waals surface area contributed by atoms with Gasteiger partial charge in [0.15, 0.2) is 40.3 Å². The van der Waals surface area contributed by atoms with Crippen LogP contribution < -0.4 is 29.4 Å². The van der Waals surface area contributed by atoms with Gasteiger partial charge in [-0.3, -0.25) is 23.7 Å². The second-order valence-corrected chi connectivity index (χ2v) is 23.1. The summed E-state index contributed by atoms with van der Waals surface area (Å²) in [7, 11) is 4.81. The van der Waals surface area contributed by atoms with Crippen molar-refractivity contribution >= 4 is 78.9 Å².